The van der Waals surface area contributed by atoms with Crippen molar-refractivity contribution >= 4 is 0 Å². The molecule has 92 valence electrons. The topological polar surface area (TPSA) is 118 Å². The minimum absolute atomic E-state index is 0.186. The molecule has 0 amide bonds. The first-order valence-electron chi connectivity index (χ1n) is 5.07. The van der Waals surface area contributed by atoms with Crippen molar-refractivity contribution in [3.63, 3.8) is 0 Å². The van der Waals surface area contributed by atoms with Crippen molar-refractivity contribution in [3.05, 3.63) is 11.9 Å². The molecule has 7 heteroatoms. The van der Waals surface area contributed by atoms with Crippen LogP contribution in [0, 0.1) is 5.53 Å². The highest BCUT2D eigenvalue weighted by Crippen LogP contribution is 2.13. The van der Waals surface area contributed by atoms with Gasteiger partial charge < -0.3 is 25.4 Å². The third-order valence-electron chi connectivity index (χ3n) is 2.41. The van der Waals surface area contributed by atoms with E-state index in [0.29, 0.717) is 13.0 Å². The van der Waals surface area contributed by atoms with Crippen LogP contribution in [0.3, 0.4) is 0 Å². The molecule has 16 heavy (non-hydrogen) atoms. The standard InChI is InChI=1S/C9H17N3O4/c10-12-6(5-13)3-11-4-8-9(15)7(14)1-2-16-8/h3,7-11,13-15H,1-2,4-5H2/b6-3-,12-10?. The number of nitrogens with one attached hydrogen (secondary N) is 2. The SMILES string of the molecule is N=N/C(=C\NCC1OCCC(O)C1O)CO. The van der Waals surface area contributed by atoms with Gasteiger partial charge in [-0.2, -0.15) is 5.11 Å². The average molecular weight is 231 g/mol. The molecule has 1 saturated heterocycles. The van der Waals surface area contributed by atoms with Crippen LogP contribution in [-0.4, -0.2) is 53.4 Å². The zero-order chi connectivity index (χ0) is 12.0. The van der Waals surface area contributed by atoms with Gasteiger partial charge in [0.25, 0.3) is 0 Å². The molecule has 7 nitrogen and oxygen atoms in total. The van der Waals surface area contributed by atoms with Gasteiger partial charge in [0.2, 0.25) is 0 Å². The summed E-state index contributed by atoms with van der Waals surface area (Å²) >= 11 is 0. The molecule has 0 spiro atoms. The van der Waals surface area contributed by atoms with Gasteiger partial charge in [-0.1, -0.05) is 0 Å². The summed E-state index contributed by atoms with van der Waals surface area (Å²) in [6, 6.07) is 0. The van der Waals surface area contributed by atoms with Gasteiger partial charge in [0.15, 0.2) is 0 Å². The van der Waals surface area contributed by atoms with Crippen molar-refractivity contribution in [3.8, 4) is 0 Å². The third kappa shape index (κ3) is 3.53. The molecule has 0 aliphatic carbocycles. The van der Waals surface area contributed by atoms with E-state index in [0.717, 1.165) is 0 Å². The monoisotopic (exact) mass is 231 g/mol. The molecule has 1 rings (SSSR count). The van der Waals surface area contributed by atoms with Crippen molar-refractivity contribution in [1.82, 2.24) is 5.32 Å². The van der Waals surface area contributed by atoms with Crippen LogP contribution < -0.4 is 5.32 Å². The molecule has 0 aromatic carbocycles. The second-order valence-electron chi connectivity index (χ2n) is 3.57. The molecule has 0 bridgehead atoms. The Morgan fingerprint density at radius 3 is 2.94 bits per heavy atom. The van der Waals surface area contributed by atoms with Crippen LogP contribution in [-0.2, 0) is 4.74 Å². The lowest BCUT2D eigenvalue weighted by molar-refractivity contribution is -0.132. The highest BCUT2D eigenvalue weighted by Gasteiger charge is 2.30. The fourth-order valence-electron chi connectivity index (χ4n) is 1.44. The van der Waals surface area contributed by atoms with Gasteiger partial charge in [0.1, 0.15) is 17.9 Å². The predicted molar refractivity (Wildman–Crippen MR) is 54.7 cm³/mol. The Labute approximate surface area is 93.2 Å². The summed E-state index contributed by atoms with van der Waals surface area (Å²) in [5, 5.41) is 33.5. The van der Waals surface area contributed by atoms with E-state index in [4.69, 9.17) is 15.4 Å². The molecular formula is C9H17N3O4. The van der Waals surface area contributed by atoms with Gasteiger partial charge in [-0.05, 0) is 6.42 Å². The smallest absolute Gasteiger partial charge is 0.108 e. The molecule has 5 N–H and O–H groups in total. The Morgan fingerprint density at radius 2 is 2.31 bits per heavy atom. The summed E-state index contributed by atoms with van der Waals surface area (Å²) < 4.78 is 5.27. The summed E-state index contributed by atoms with van der Waals surface area (Å²) in [5.41, 5.74) is 6.88. The number of hydrogen-bond acceptors (Lipinski definition) is 7. The van der Waals surface area contributed by atoms with Gasteiger partial charge in [-0.15, -0.1) is 0 Å². The lowest BCUT2D eigenvalue weighted by Crippen LogP contribution is -2.48. The zero-order valence-corrected chi connectivity index (χ0v) is 8.83. The molecule has 0 aromatic heterocycles. The van der Waals surface area contributed by atoms with Crippen LogP contribution in [0.15, 0.2) is 17.0 Å². The summed E-state index contributed by atoms with van der Waals surface area (Å²) in [6.45, 7) is 0.369. The van der Waals surface area contributed by atoms with Crippen LogP contribution in [0.5, 0.6) is 0 Å². The van der Waals surface area contributed by atoms with Gasteiger partial charge in [0.05, 0.1) is 12.7 Å². The minimum Gasteiger partial charge on any atom is -0.390 e. The molecule has 1 heterocycles. The first-order valence-corrected chi connectivity index (χ1v) is 5.07. The van der Waals surface area contributed by atoms with Crippen molar-refractivity contribution in [2.45, 2.75) is 24.7 Å². The zero-order valence-electron chi connectivity index (χ0n) is 8.83. The third-order valence-corrected chi connectivity index (χ3v) is 2.41. The largest absolute Gasteiger partial charge is 0.390 e. The van der Waals surface area contributed by atoms with Crippen LogP contribution in [0.1, 0.15) is 6.42 Å². The first-order chi connectivity index (χ1) is 7.69. The fraction of sp³-hybridized carbons (Fsp3) is 0.778. The number of nitrogens with zero attached hydrogens (tertiary/aromatic N) is 1. The molecule has 0 radical (unpaired) electrons. The van der Waals surface area contributed by atoms with Crippen molar-refractivity contribution in [1.29, 1.82) is 5.53 Å². The van der Waals surface area contributed by atoms with Crippen molar-refractivity contribution in [2.24, 2.45) is 5.11 Å². The average Bonchev–Trinajstić information content (AvgIpc) is 2.30. The summed E-state index contributed by atoms with van der Waals surface area (Å²) in [7, 11) is 0. The van der Waals surface area contributed by atoms with Crippen LogP contribution in [0.4, 0.5) is 0 Å². The van der Waals surface area contributed by atoms with E-state index in [1.54, 1.807) is 0 Å². The molecular weight excluding hydrogens is 214 g/mol. The summed E-state index contributed by atoms with van der Waals surface area (Å²) in [4.78, 5) is 0. The number of aliphatic hydroxyl groups excluding tert-OH is 3. The quantitative estimate of drug-likeness (QED) is 0.387. The maximum atomic E-state index is 9.57. The molecule has 3 unspecified atom stereocenters. The minimum atomic E-state index is -0.917. The van der Waals surface area contributed by atoms with E-state index in [1.807, 2.05) is 0 Å². The maximum Gasteiger partial charge on any atom is 0.108 e. The van der Waals surface area contributed by atoms with Crippen LogP contribution >= 0.6 is 0 Å². The Hall–Kier alpha value is -1.02. The molecule has 1 aliphatic heterocycles. The van der Waals surface area contributed by atoms with Gasteiger partial charge in [-0.3, -0.25) is 0 Å². The van der Waals surface area contributed by atoms with E-state index in [1.165, 1.54) is 6.20 Å². The van der Waals surface area contributed by atoms with E-state index >= 15 is 0 Å². The van der Waals surface area contributed by atoms with E-state index < -0.39 is 18.3 Å². The number of rotatable bonds is 5. The normalized spacial score (nSPS) is 31.2. The van der Waals surface area contributed by atoms with E-state index in [9.17, 15) is 10.2 Å². The van der Waals surface area contributed by atoms with Gasteiger partial charge >= 0.3 is 0 Å². The summed E-state index contributed by atoms with van der Waals surface area (Å²) in [6.07, 6.45) is -0.366. The van der Waals surface area contributed by atoms with Gasteiger partial charge in [-0.25, -0.2) is 5.53 Å². The lowest BCUT2D eigenvalue weighted by Gasteiger charge is -2.31. The Kier molecular flexibility index (Phi) is 5.33. The lowest BCUT2D eigenvalue weighted by atomic mass is 10.0. The number of hydrogen-bond donors (Lipinski definition) is 5. The predicted octanol–water partition coefficient (Wildman–Crippen LogP) is -1.05. The summed E-state index contributed by atoms with van der Waals surface area (Å²) in [5.74, 6) is 0. The van der Waals surface area contributed by atoms with E-state index in [-0.39, 0.29) is 18.8 Å². The second kappa shape index (κ2) is 6.54. The fourth-order valence-corrected chi connectivity index (χ4v) is 1.44. The highest BCUT2D eigenvalue weighted by atomic mass is 16.5. The Balaban J connectivity index is 2.36. The molecule has 0 saturated carbocycles. The highest BCUT2D eigenvalue weighted by molar-refractivity contribution is 4.97. The van der Waals surface area contributed by atoms with Crippen molar-refractivity contribution < 1.29 is 20.1 Å². The number of aliphatic hydroxyl groups is 3. The second-order valence-corrected chi connectivity index (χ2v) is 3.57. The molecule has 1 aliphatic rings. The van der Waals surface area contributed by atoms with Crippen molar-refractivity contribution in [2.75, 3.05) is 19.8 Å². The molecule has 1 fully saturated rings. The Bertz CT molecular complexity index is 259. The Morgan fingerprint density at radius 1 is 1.56 bits per heavy atom. The maximum absolute atomic E-state index is 9.57. The van der Waals surface area contributed by atoms with E-state index in [2.05, 4.69) is 10.4 Å². The van der Waals surface area contributed by atoms with Crippen LogP contribution in [0.2, 0.25) is 0 Å². The first kappa shape index (κ1) is 13.0. The van der Waals surface area contributed by atoms with Gasteiger partial charge in [0, 0.05) is 19.4 Å². The number of ether oxygens (including phenoxy) is 1. The molecule has 3 atom stereocenters. The molecule has 0 aromatic rings. The van der Waals surface area contributed by atoms with Crippen LogP contribution in [0.25, 0.3) is 0 Å².